The van der Waals surface area contributed by atoms with E-state index in [0.29, 0.717) is 0 Å². The highest BCUT2D eigenvalue weighted by Crippen LogP contribution is 2.39. The number of ether oxygens (including phenoxy) is 11. The summed E-state index contributed by atoms with van der Waals surface area (Å²) < 4.78 is 175. The third-order valence-corrected chi connectivity index (χ3v) is 15.5. The molecule has 6 heterocycles. The number of carbonyl (C=O) groups is 6. The van der Waals surface area contributed by atoms with Crippen molar-refractivity contribution in [3.8, 4) is 0 Å². The molecule has 6 aliphatic rings. The van der Waals surface area contributed by atoms with Crippen molar-refractivity contribution in [2.45, 2.75) is 205 Å². The van der Waals surface area contributed by atoms with E-state index in [-0.39, 0.29) is 0 Å². The molecule has 0 aliphatic carbocycles. The molecule has 524 valence electrons. The van der Waals surface area contributed by atoms with Crippen LogP contribution in [-0.2, 0) is 125 Å². The fourth-order valence-electron chi connectivity index (χ4n) is 10.3. The number of hydrogen-bond donors (Lipinski definition) is 20. The van der Waals surface area contributed by atoms with Gasteiger partial charge in [0.25, 0.3) is 0 Å². The van der Waals surface area contributed by atoms with Crippen LogP contribution in [0.1, 0.15) is 20.8 Å². The number of rotatable bonds is 25. The Labute approximate surface area is 510 Å². The van der Waals surface area contributed by atoms with Crippen LogP contribution in [0.2, 0.25) is 0 Å². The molecule has 20 N–H and O–H groups in total. The maximum absolute atomic E-state index is 13.1. The molecule has 46 nitrogen and oxygen atoms in total. The number of aliphatic carboxylic acids is 3. The van der Waals surface area contributed by atoms with E-state index in [1.807, 2.05) is 0 Å². The number of carbonyl (C=O) groups excluding carboxylic acids is 3. The van der Waals surface area contributed by atoms with Crippen LogP contribution in [0.4, 0.5) is 0 Å². The van der Waals surface area contributed by atoms with Crippen LogP contribution in [0.5, 0.6) is 0 Å². The molecular formula is C42H65N3O43S3. The summed E-state index contributed by atoms with van der Waals surface area (Å²) >= 11 is 0. The van der Waals surface area contributed by atoms with Gasteiger partial charge in [0.05, 0.1) is 19.8 Å². The van der Waals surface area contributed by atoms with Crippen LogP contribution in [0.25, 0.3) is 0 Å². The number of aliphatic hydroxyl groups excluding tert-OH is 11. The topological polar surface area (TPSA) is 714 Å². The van der Waals surface area contributed by atoms with Gasteiger partial charge in [0, 0.05) is 20.8 Å². The molecule has 0 aromatic rings. The lowest BCUT2D eigenvalue weighted by Crippen LogP contribution is -2.71. The quantitative estimate of drug-likeness (QED) is 0.0377. The number of carboxylic acids is 3. The van der Waals surface area contributed by atoms with Gasteiger partial charge in [0.2, 0.25) is 17.7 Å². The predicted octanol–water partition coefficient (Wildman–Crippen LogP) is -13.9. The normalized spacial score (nSPS) is 42.6. The van der Waals surface area contributed by atoms with Crippen molar-refractivity contribution in [1.29, 1.82) is 0 Å². The highest BCUT2D eigenvalue weighted by atomic mass is 32.3. The summed E-state index contributed by atoms with van der Waals surface area (Å²) in [6.45, 7) is -1.86. The van der Waals surface area contributed by atoms with Gasteiger partial charge in [-0.3, -0.25) is 28.0 Å². The molecule has 6 aliphatic heterocycles. The Balaban J connectivity index is 1.34. The van der Waals surface area contributed by atoms with Crippen LogP contribution >= 0.6 is 0 Å². The number of hydrogen-bond acceptors (Lipinski definition) is 37. The van der Waals surface area contributed by atoms with Gasteiger partial charge < -0.3 is 140 Å². The van der Waals surface area contributed by atoms with E-state index in [9.17, 15) is 139 Å². The van der Waals surface area contributed by atoms with Crippen molar-refractivity contribution in [3.63, 3.8) is 0 Å². The van der Waals surface area contributed by atoms with E-state index < -0.39 is 271 Å². The average molecular weight is 1400 g/mol. The molecule has 0 radical (unpaired) electrons. The highest BCUT2D eigenvalue weighted by molar-refractivity contribution is 7.81. The smallest absolute Gasteiger partial charge is 0.397 e. The van der Waals surface area contributed by atoms with E-state index in [0.717, 1.165) is 20.8 Å². The van der Waals surface area contributed by atoms with Gasteiger partial charge >= 0.3 is 49.1 Å². The lowest BCUT2D eigenvalue weighted by atomic mass is 9.93. The van der Waals surface area contributed by atoms with Crippen LogP contribution in [0.15, 0.2) is 0 Å². The van der Waals surface area contributed by atoms with Crippen LogP contribution < -0.4 is 16.0 Å². The lowest BCUT2D eigenvalue weighted by Gasteiger charge is -2.51. The zero-order valence-corrected chi connectivity index (χ0v) is 48.8. The Morgan fingerprint density at radius 1 is 0.374 bits per heavy atom. The van der Waals surface area contributed by atoms with E-state index in [1.165, 1.54) is 0 Å². The molecule has 6 saturated heterocycles. The van der Waals surface area contributed by atoms with Gasteiger partial charge in [-0.1, -0.05) is 0 Å². The standard InChI is InChI=1S/C42H65N3O43S3/c1-7(48)43-13-27(24(87-90(69,70)71)10(4-46)76-37(13)65)80-41-22(57)19(54)30(33(85-41)36(63)64)83-39-15(45-9(3)50)28(25(11(5-47)77-39)88-91(72,73)74)81-42-23(58)20(55)29(32(86-42)35(61)62)82-38-14(44-8(2)49)26(16(51)12(78-38)6-75-89(66,67)68)79-40-21(56)17(52)18(53)31(84-40)34(59)60/h10-33,37-42,46-47,51-58,65H,4-6H2,1-3H3,(H,43,48)(H,44,49)(H,45,50)(H,59,60)(H,61,62)(H,63,64)(H,66,67,68)(H,69,70,71)(H,72,73,74)/t10-,11-,12-,13-,14-,15-,16+,17+,18+,19-,20-,21-,22-,23-,24+,25+,26?,27-,28-,29+,30+,31+,32+,33+,37?,38+,39+,40-,41-,42-/m1/s1. The van der Waals surface area contributed by atoms with Crippen molar-refractivity contribution >= 4 is 66.8 Å². The first kappa shape index (κ1) is 75.6. The maximum atomic E-state index is 13.1. The Bertz CT molecular complexity index is 2920. The lowest BCUT2D eigenvalue weighted by molar-refractivity contribution is -0.375. The highest BCUT2D eigenvalue weighted by Gasteiger charge is 2.61. The Kier molecular flexibility index (Phi) is 25.3. The summed E-state index contributed by atoms with van der Waals surface area (Å²) in [4.78, 5) is 75.9. The third-order valence-electron chi connectivity index (χ3n) is 14.1. The molecule has 49 heteroatoms. The number of nitrogens with one attached hydrogen (secondary N) is 3. The molecule has 0 aromatic heterocycles. The summed E-state index contributed by atoms with van der Waals surface area (Å²) in [6.07, 6.45) is -67.7. The second kappa shape index (κ2) is 30.5. The first-order chi connectivity index (χ1) is 42.1. The van der Waals surface area contributed by atoms with Crippen molar-refractivity contribution in [2.75, 3.05) is 19.8 Å². The molecule has 0 spiro atoms. The van der Waals surface area contributed by atoms with Gasteiger partial charge in [-0.2, -0.15) is 25.3 Å². The van der Waals surface area contributed by atoms with Gasteiger partial charge in [-0.25, -0.2) is 26.9 Å². The number of aliphatic hydroxyl groups is 11. The monoisotopic (exact) mass is 1400 g/mol. The van der Waals surface area contributed by atoms with Crippen LogP contribution in [-0.4, -0.2) is 350 Å². The molecule has 0 saturated carbocycles. The molecule has 2 unspecified atom stereocenters. The van der Waals surface area contributed by atoms with Gasteiger partial charge in [-0.05, 0) is 0 Å². The van der Waals surface area contributed by atoms with Crippen molar-refractivity contribution < 1.29 is 204 Å². The van der Waals surface area contributed by atoms with E-state index >= 15 is 0 Å². The van der Waals surface area contributed by atoms with Crippen LogP contribution in [0, 0.1) is 0 Å². The molecule has 0 bridgehead atoms. The molecular weight excluding hydrogens is 1330 g/mol. The average Bonchev–Trinajstić information content (AvgIpc) is 0.776. The molecule has 91 heavy (non-hydrogen) atoms. The zero-order valence-electron chi connectivity index (χ0n) is 46.4. The molecule has 6 rings (SSSR count). The van der Waals surface area contributed by atoms with Gasteiger partial charge in [0.15, 0.2) is 56.1 Å². The summed E-state index contributed by atoms with van der Waals surface area (Å²) in [7, 11) is -16.9. The molecule has 3 amide bonds. The molecule has 6 fully saturated rings. The summed E-state index contributed by atoms with van der Waals surface area (Å²) in [5.74, 6) is -9.74. The van der Waals surface area contributed by atoms with E-state index in [2.05, 4.69) is 24.3 Å². The van der Waals surface area contributed by atoms with Crippen molar-refractivity contribution in [2.24, 2.45) is 0 Å². The minimum absolute atomic E-state index is 0.718. The Hall–Kier alpha value is -4.45. The Morgan fingerprint density at radius 2 is 0.714 bits per heavy atom. The second-order valence-corrected chi connectivity index (χ2v) is 23.8. The first-order valence-corrected chi connectivity index (χ1v) is 30.1. The Morgan fingerprint density at radius 3 is 1.10 bits per heavy atom. The minimum Gasteiger partial charge on any atom is -0.479 e. The molecule has 0 aromatic carbocycles. The molecule has 30 atom stereocenters. The van der Waals surface area contributed by atoms with Gasteiger partial charge in [-0.15, -0.1) is 0 Å². The maximum Gasteiger partial charge on any atom is 0.397 e. The third kappa shape index (κ3) is 18.5. The summed E-state index contributed by atoms with van der Waals surface area (Å²) in [5, 5.41) is 158. The zero-order chi connectivity index (χ0) is 68.4. The minimum atomic E-state index is -5.86. The van der Waals surface area contributed by atoms with Crippen LogP contribution in [0.3, 0.4) is 0 Å². The van der Waals surface area contributed by atoms with E-state index in [4.69, 9.17) is 56.3 Å². The number of carboxylic acid groups (broad SMARTS) is 3. The van der Waals surface area contributed by atoms with E-state index in [1.54, 1.807) is 0 Å². The fraction of sp³-hybridized carbons (Fsp3) is 0.857. The van der Waals surface area contributed by atoms with Crippen molar-refractivity contribution in [3.05, 3.63) is 0 Å². The van der Waals surface area contributed by atoms with Crippen molar-refractivity contribution in [1.82, 2.24) is 16.0 Å². The largest absolute Gasteiger partial charge is 0.479 e. The fourth-order valence-corrected chi connectivity index (χ4v) is 11.6. The second-order valence-electron chi connectivity index (χ2n) is 20.6. The number of amides is 3. The predicted molar refractivity (Wildman–Crippen MR) is 267 cm³/mol. The summed E-state index contributed by atoms with van der Waals surface area (Å²) in [6, 6.07) is -6.61. The van der Waals surface area contributed by atoms with Gasteiger partial charge in [0.1, 0.15) is 128 Å². The summed E-state index contributed by atoms with van der Waals surface area (Å²) in [5.41, 5.74) is 0. The first-order valence-electron chi connectivity index (χ1n) is 26.1. The SMILES string of the molecule is CC(=O)N[C@H]1[C@H](O[C@H]2[C@H](O)[C@@H](O)[C@H](O[C@H]3[C@@H](OS(=O)(=O)O)[C@@H](CO)OC(O)[C@@H]3NC(C)=O)O[C@@H]2C(=O)O)O[C@H](CO)[C@H](OS(=O)(=O)O)[C@@H]1O[C@@H]1O[C@H](C(=O)O)[C@@H](O[C@@H]2O[C@H](COS(=O)(=O)O)[C@H](O)C(O[C@@H]3O[C@H](C(=O)O)[C@@H](O)[C@H](O)[C@H]3O)[C@H]2NC(C)=O)[C@H](O)[C@H]1O.